The van der Waals surface area contributed by atoms with Crippen LogP contribution >= 0.6 is 0 Å². The van der Waals surface area contributed by atoms with Gasteiger partial charge in [-0.3, -0.25) is 4.79 Å². The van der Waals surface area contributed by atoms with Crippen LogP contribution in [0.5, 0.6) is 5.75 Å². The fourth-order valence-electron chi connectivity index (χ4n) is 2.47. The topological polar surface area (TPSA) is 75.6 Å². The van der Waals surface area contributed by atoms with Gasteiger partial charge in [0.1, 0.15) is 5.75 Å². The molecule has 1 aliphatic carbocycles. The van der Waals surface area contributed by atoms with E-state index in [0.29, 0.717) is 31.1 Å². The average molecular weight is 277 g/mol. The summed E-state index contributed by atoms with van der Waals surface area (Å²) in [7, 11) is 0. The molecule has 1 fully saturated rings. The second-order valence-electron chi connectivity index (χ2n) is 5.14. The number of carboxylic acids is 1. The van der Waals surface area contributed by atoms with E-state index < -0.39 is 12.1 Å². The van der Waals surface area contributed by atoms with Crippen LogP contribution in [0.3, 0.4) is 0 Å². The van der Waals surface area contributed by atoms with Crippen LogP contribution in [0.1, 0.15) is 25.7 Å². The molecule has 1 saturated carbocycles. The first kappa shape index (κ1) is 14.4. The maximum absolute atomic E-state index is 11.6. The SMILES string of the molecule is O=C(NCC1CCC(C(=O)O)CC1)Oc1ccccc1. The first-order chi connectivity index (χ1) is 9.65. The fourth-order valence-corrected chi connectivity index (χ4v) is 2.47. The van der Waals surface area contributed by atoms with E-state index in [9.17, 15) is 9.59 Å². The molecule has 0 atom stereocenters. The number of ether oxygens (including phenoxy) is 1. The lowest BCUT2D eigenvalue weighted by Crippen LogP contribution is -2.34. The van der Waals surface area contributed by atoms with Crippen molar-refractivity contribution >= 4 is 12.1 Å². The average Bonchev–Trinajstić information content (AvgIpc) is 2.46. The van der Waals surface area contributed by atoms with Gasteiger partial charge in [-0.15, -0.1) is 0 Å². The number of carboxylic acid groups (broad SMARTS) is 1. The number of nitrogens with one attached hydrogen (secondary N) is 1. The van der Waals surface area contributed by atoms with Gasteiger partial charge in [0, 0.05) is 6.54 Å². The van der Waals surface area contributed by atoms with Crippen LogP contribution in [0, 0.1) is 11.8 Å². The van der Waals surface area contributed by atoms with Gasteiger partial charge in [-0.1, -0.05) is 18.2 Å². The normalized spacial score (nSPS) is 22.0. The number of para-hydroxylation sites is 1. The van der Waals surface area contributed by atoms with E-state index in [2.05, 4.69) is 5.32 Å². The molecule has 0 aromatic heterocycles. The number of rotatable bonds is 4. The highest BCUT2D eigenvalue weighted by atomic mass is 16.6. The molecule has 0 heterocycles. The molecule has 5 nitrogen and oxygen atoms in total. The van der Waals surface area contributed by atoms with Gasteiger partial charge < -0.3 is 15.2 Å². The van der Waals surface area contributed by atoms with Crippen LogP contribution in [0.15, 0.2) is 30.3 Å². The molecule has 5 heteroatoms. The molecular weight excluding hydrogens is 258 g/mol. The van der Waals surface area contributed by atoms with Crippen molar-refractivity contribution in [3.8, 4) is 5.75 Å². The first-order valence-electron chi connectivity index (χ1n) is 6.88. The van der Waals surface area contributed by atoms with Crippen LogP contribution in [-0.4, -0.2) is 23.7 Å². The number of benzene rings is 1. The number of carbonyl (C=O) groups excluding carboxylic acids is 1. The lowest BCUT2D eigenvalue weighted by molar-refractivity contribution is -0.143. The summed E-state index contributed by atoms with van der Waals surface area (Å²) in [5.74, 6) is -0.0732. The highest BCUT2D eigenvalue weighted by molar-refractivity contribution is 5.70. The highest BCUT2D eigenvalue weighted by Gasteiger charge is 2.26. The summed E-state index contributed by atoms with van der Waals surface area (Å²) < 4.78 is 5.12. The van der Waals surface area contributed by atoms with Gasteiger partial charge in [-0.05, 0) is 43.7 Å². The van der Waals surface area contributed by atoms with E-state index in [0.717, 1.165) is 12.8 Å². The fraction of sp³-hybridized carbons (Fsp3) is 0.467. The standard InChI is InChI=1S/C15H19NO4/c17-14(18)12-8-6-11(7-9-12)10-16-15(19)20-13-4-2-1-3-5-13/h1-5,11-12H,6-10H2,(H,16,19)(H,17,18). The lowest BCUT2D eigenvalue weighted by Gasteiger charge is -2.25. The van der Waals surface area contributed by atoms with Gasteiger partial charge in [0.05, 0.1) is 5.92 Å². The number of aliphatic carboxylic acids is 1. The van der Waals surface area contributed by atoms with E-state index in [1.165, 1.54) is 0 Å². The summed E-state index contributed by atoms with van der Waals surface area (Å²) in [6.07, 6.45) is 2.59. The van der Waals surface area contributed by atoms with E-state index in [-0.39, 0.29) is 5.92 Å². The zero-order chi connectivity index (χ0) is 14.4. The molecule has 0 radical (unpaired) electrons. The first-order valence-corrected chi connectivity index (χ1v) is 6.88. The number of carbonyl (C=O) groups is 2. The van der Waals surface area contributed by atoms with Gasteiger partial charge >= 0.3 is 12.1 Å². The molecule has 0 spiro atoms. The number of amides is 1. The Morgan fingerprint density at radius 3 is 2.40 bits per heavy atom. The second kappa shape index (κ2) is 6.93. The third-order valence-electron chi connectivity index (χ3n) is 3.68. The molecule has 0 aliphatic heterocycles. The Balaban J connectivity index is 1.68. The Labute approximate surface area is 117 Å². The zero-order valence-electron chi connectivity index (χ0n) is 11.2. The molecule has 1 aliphatic rings. The van der Waals surface area contributed by atoms with Gasteiger partial charge in [0.2, 0.25) is 0 Å². The molecule has 1 aromatic rings. The number of hydrogen-bond donors (Lipinski definition) is 2. The Hall–Kier alpha value is -2.04. The molecular formula is C15H19NO4. The molecule has 0 saturated heterocycles. The summed E-state index contributed by atoms with van der Waals surface area (Å²) in [5, 5.41) is 11.7. The summed E-state index contributed by atoms with van der Waals surface area (Å²) in [6, 6.07) is 8.90. The molecule has 2 rings (SSSR count). The molecule has 0 bridgehead atoms. The maximum atomic E-state index is 11.6. The third kappa shape index (κ3) is 4.26. The smallest absolute Gasteiger partial charge is 0.412 e. The van der Waals surface area contributed by atoms with Crippen molar-refractivity contribution in [1.82, 2.24) is 5.32 Å². The Kier molecular flexibility index (Phi) is 4.98. The Morgan fingerprint density at radius 2 is 1.80 bits per heavy atom. The van der Waals surface area contributed by atoms with Crippen molar-refractivity contribution < 1.29 is 19.4 Å². The molecule has 2 N–H and O–H groups in total. The third-order valence-corrected chi connectivity index (χ3v) is 3.68. The van der Waals surface area contributed by atoms with Crippen molar-refractivity contribution in [3.63, 3.8) is 0 Å². The van der Waals surface area contributed by atoms with Gasteiger partial charge in [-0.25, -0.2) is 4.79 Å². The minimum Gasteiger partial charge on any atom is -0.481 e. The van der Waals surface area contributed by atoms with Crippen molar-refractivity contribution in [2.45, 2.75) is 25.7 Å². The largest absolute Gasteiger partial charge is 0.481 e. The van der Waals surface area contributed by atoms with E-state index in [1.807, 2.05) is 6.07 Å². The van der Waals surface area contributed by atoms with Gasteiger partial charge in [0.15, 0.2) is 0 Å². The summed E-state index contributed by atoms with van der Waals surface area (Å²) in [6.45, 7) is 0.540. The van der Waals surface area contributed by atoms with Crippen molar-refractivity contribution in [2.24, 2.45) is 11.8 Å². The molecule has 1 aromatic carbocycles. The van der Waals surface area contributed by atoms with Gasteiger partial charge in [0.25, 0.3) is 0 Å². The zero-order valence-corrected chi connectivity index (χ0v) is 11.2. The van der Waals surface area contributed by atoms with Crippen molar-refractivity contribution in [3.05, 3.63) is 30.3 Å². The lowest BCUT2D eigenvalue weighted by atomic mass is 9.82. The van der Waals surface area contributed by atoms with Crippen molar-refractivity contribution in [1.29, 1.82) is 0 Å². The summed E-state index contributed by atoms with van der Waals surface area (Å²) >= 11 is 0. The summed E-state index contributed by atoms with van der Waals surface area (Å²) in [4.78, 5) is 22.4. The van der Waals surface area contributed by atoms with E-state index in [4.69, 9.17) is 9.84 Å². The molecule has 0 unspecified atom stereocenters. The predicted octanol–water partition coefficient (Wildman–Crippen LogP) is 2.67. The second-order valence-corrected chi connectivity index (χ2v) is 5.14. The number of hydrogen-bond acceptors (Lipinski definition) is 3. The van der Waals surface area contributed by atoms with Gasteiger partial charge in [-0.2, -0.15) is 0 Å². The van der Waals surface area contributed by atoms with Crippen LogP contribution in [0.25, 0.3) is 0 Å². The molecule has 20 heavy (non-hydrogen) atoms. The summed E-state index contributed by atoms with van der Waals surface area (Å²) in [5.41, 5.74) is 0. The quantitative estimate of drug-likeness (QED) is 0.887. The van der Waals surface area contributed by atoms with Crippen LogP contribution in [0.4, 0.5) is 4.79 Å². The monoisotopic (exact) mass is 277 g/mol. The van der Waals surface area contributed by atoms with E-state index >= 15 is 0 Å². The van der Waals surface area contributed by atoms with Crippen molar-refractivity contribution in [2.75, 3.05) is 6.54 Å². The van der Waals surface area contributed by atoms with Crippen LogP contribution in [-0.2, 0) is 4.79 Å². The molecule has 1 amide bonds. The molecule has 108 valence electrons. The van der Waals surface area contributed by atoms with E-state index in [1.54, 1.807) is 24.3 Å². The highest BCUT2D eigenvalue weighted by Crippen LogP contribution is 2.28. The minimum absolute atomic E-state index is 0.220. The minimum atomic E-state index is -0.708. The van der Waals surface area contributed by atoms with Crippen LogP contribution < -0.4 is 10.1 Å². The predicted molar refractivity (Wildman–Crippen MR) is 73.6 cm³/mol. The van der Waals surface area contributed by atoms with Crippen LogP contribution in [0.2, 0.25) is 0 Å². The maximum Gasteiger partial charge on any atom is 0.412 e. The Bertz CT molecular complexity index is 452. The Morgan fingerprint density at radius 1 is 1.15 bits per heavy atom.